The van der Waals surface area contributed by atoms with E-state index in [-0.39, 0.29) is 6.04 Å². The third kappa shape index (κ3) is 6.05. The summed E-state index contributed by atoms with van der Waals surface area (Å²) in [6.45, 7) is 0.572. The van der Waals surface area contributed by atoms with Crippen LogP contribution in [0.1, 0.15) is 24.4 Å². The zero-order chi connectivity index (χ0) is 20.1. The Morgan fingerprint density at radius 3 is 2.38 bits per heavy atom. The molecular weight excluding hydrogens is 380 g/mol. The number of hydrogen-bond acceptors (Lipinski definition) is 3. The van der Waals surface area contributed by atoms with Gasteiger partial charge in [-0.05, 0) is 30.5 Å². The third-order valence-electron chi connectivity index (χ3n) is 3.74. The fraction of sp³-hybridized carbons (Fsp3) is 0.500. The molecule has 0 aromatic heterocycles. The van der Waals surface area contributed by atoms with Crippen molar-refractivity contribution in [2.45, 2.75) is 30.7 Å². The molecule has 2 rings (SSSR count). The van der Waals surface area contributed by atoms with Crippen molar-refractivity contribution in [3.05, 3.63) is 29.8 Å². The van der Waals surface area contributed by atoms with Gasteiger partial charge < -0.3 is 14.9 Å². The molecule has 1 saturated heterocycles. The number of halogens is 5. The molecule has 26 heavy (non-hydrogen) atoms. The Kier molecular flexibility index (Phi) is 7.68. The maximum absolute atomic E-state index is 13.0. The van der Waals surface area contributed by atoms with E-state index in [0.717, 1.165) is 24.1 Å². The number of carboxylic acid groups (broad SMARTS) is 1. The predicted octanol–water partition coefficient (Wildman–Crippen LogP) is 3.58. The second-order valence-electron chi connectivity index (χ2n) is 5.78. The van der Waals surface area contributed by atoms with Gasteiger partial charge in [-0.1, -0.05) is 23.7 Å². The highest BCUT2D eigenvalue weighted by molar-refractivity contribution is 6.29. The summed E-state index contributed by atoms with van der Waals surface area (Å²) in [4.78, 5) is 24.2. The van der Waals surface area contributed by atoms with Gasteiger partial charge in [0.1, 0.15) is 0 Å². The van der Waals surface area contributed by atoms with E-state index in [1.165, 1.54) is 0 Å². The number of anilines is 1. The molecule has 0 bridgehead atoms. The Balaban J connectivity index is 0.000000412. The lowest BCUT2D eigenvalue weighted by Gasteiger charge is -2.26. The van der Waals surface area contributed by atoms with Gasteiger partial charge in [-0.2, -0.15) is 13.2 Å². The fourth-order valence-electron chi connectivity index (χ4n) is 2.51. The summed E-state index contributed by atoms with van der Waals surface area (Å²) in [6.07, 6.45) is -3.35. The number of likely N-dealkylation sites (tertiary alicyclic amines) is 1. The molecule has 5 nitrogen and oxygen atoms in total. The number of carboxylic acids is 1. The molecule has 1 aromatic carbocycles. The van der Waals surface area contributed by atoms with Crippen LogP contribution in [-0.2, 0) is 9.59 Å². The quantitative estimate of drug-likeness (QED) is 0.624. The standard InChI is InChI=1S/C14H18ClFN2O.C2HF3O2/c1-17(2)11-6-3-5-10(9-11)12-7-4-8-18(12)14(19)13(15)16;3-2(4,5)1(6)7/h3,5-6,9,12-13H,4,7-8H2,1-2H3;(H,6,7). The first kappa shape index (κ1) is 22.0. The molecule has 10 heteroatoms. The minimum Gasteiger partial charge on any atom is -0.475 e. The van der Waals surface area contributed by atoms with E-state index in [2.05, 4.69) is 0 Å². The van der Waals surface area contributed by atoms with Gasteiger partial charge in [0.05, 0.1) is 6.04 Å². The number of aliphatic carboxylic acids is 1. The molecule has 0 aliphatic carbocycles. The molecule has 1 amide bonds. The summed E-state index contributed by atoms with van der Waals surface area (Å²) in [7, 11) is 3.93. The van der Waals surface area contributed by atoms with Crippen LogP contribution in [0.25, 0.3) is 0 Å². The topological polar surface area (TPSA) is 60.9 Å². The van der Waals surface area contributed by atoms with E-state index in [1.807, 2.05) is 43.3 Å². The molecule has 1 fully saturated rings. The second-order valence-corrected chi connectivity index (χ2v) is 6.17. The number of hydrogen-bond donors (Lipinski definition) is 1. The van der Waals surface area contributed by atoms with E-state index in [9.17, 15) is 22.4 Å². The van der Waals surface area contributed by atoms with Crippen molar-refractivity contribution in [3.63, 3.8) is 0 Å². The van der Waals surface area contributed by atoms with E-state index in [1.54, 1.807) is 4.90 Å². The summed E-state index contributed by atoms with van der Waals surface area (Å²) >= 11 is 5.28. The molecule has 1 aromatic rings. The normalized spacial score (nSPS) is 18.0. The van der Waals surface area contributed by atoms with Gasteiger partial charge in [0.15, 0.2) is 0 Å². The van der Waals surface area contributed by atoms with Crippen molar-refractivity contribution in [2.75, 3.05) is 25.5 Å². The Morgan fingerprint density at radius 2 is 1.92 bits per heavy atom. The minimum absolute atomic E-state index is 0.0654. The van der Waals surface area contributed by atoms with Crippen molar-refractivity contribution in [1.29, 1.82) is 0 Å². The molecule has 1 aliphatic rings. The second kappa shape index (κ2) is 9.07. The number of alkyl halides is 5. The first-order valence-corrected chi connectivity index (χ1v) is 8.04. The average Bonchev–Trinajstić information content (AvgIpc) is 3.03. The van der Waals surface area contributed by atoms with E-state index in [4.69, 9.17) is 21.5 Å². The van der Waals surface area contributed by atoms with Crippen LogP contribution < -0.4 is 4.90 Å². The number of carbonyl (C=O) groups excluding carboxylic acids is 1. The van der Waals surface area contributed by atoms with Gasteiger partial charge in [0.25, 0.3) is 11.5 Å². The highest BCUT2D eigenvalue weighted by Crippen LogP contribution is 2.34. The fourth-order valence-corrected chi connectivity index (χ4v) is 2.64. The molecule has 1 heterocycles. The van der Waals surface area contributed by atoms with Crippen LogP contribution in [0.2, 0.25) is 0 Å². The van der Waals surface area contributed by atoms with Gasteiger partial charge in [0, 0.05) is 26.3 Å². The van der Waals surface area contributed by atoms with Crippen molar-refractivity contribution in [1.82, 2.24) is 4.90 Å². The Labute approximate surface area is 153 Å². The minimum atomic E-state index is -5.08. The number of amides is 1. The predicted molar refractivity (Wildman–Crippen MR) is 88.9 cm³/mol. The Hall–Kier alpha value is -2.03. The van der Waals surface area contributed by atoms with Crippen LogP contribution in [0, 0.1) is 0 Å². The molecule has 2 atom stereocenters. The van der Waals surface area contributed by atoms with Crippen molar-refractivity contribution < 1.29 is 32.3 Å². The number of benzene rings is 1. The summed E-state index contributed by atoms with van der Waals surface area (Å²) in [5.74, 6) is -3.38. The lowest BCUT2D eigenvalue weighted by atomic mass is 10.0. The smallest absolute Gasteiger partial charge is 0.475 e. The summed E-state index contributed by atoms with van der Waals surface area (Å²) in [6, 6.07) is 7.91. The largest absolute Gasteiger partial charge is 0.490 e. The maximum Gasteiger partial charge on any atom is 0.490 e. The van der Waals surface area contributed by atoms with Gasteiger partial charge >= 0.3 is 12.1 Å². The van der Waals surface area contributed by atoms with Crippen LogP contribution in [0.5, 0.6) is 0 Å². The first-order valence-electron chi connectivity index (χ1n) is 7.61. The van der Waals surface area contributed by atoms with Crippen LogP contribution in [0.3, 0.4) is 0 Å². The lowest BCUT2D eigenvalue weighted by molar-refractivity contribution is -0.192. The molecular formula is C16H19ClF4N2O3. The zero-order valence-corrected chi connectivity index (χ0v) is 14.9. The SMILES string of the molecule is CN(C)c1cccc(C2CCCN2C(=O)C(F)Cl)c1.O=C(O)C(F)(F)F. The van der Waals surface area contributed by atoms with Gasteiger partial charge in [-0.25, -0.2) is 9.18 Å². The first-order chi connectivity index (χ1) is 11.9. The molecule has 0 spiro atoms. The molecule has 1 aliphatic heterocycles. The van der Waals surface area contributed by atoms with Crippen molar-refractivity contribution >= 4 is 29.2 Å². The average molecular weight is 399 g/mol. The van der Waals surface area contributed by atoms with Gasteiger partial charge in [0.2, 0.25) is 0 Å². The molecule has 1 N–H and O–H groups in total. The molecule has 0 saturated carbocycles. The van der Waals surface area contributed by atoms with Crippen LogP contribution in [0.15, 0.2) is 24.3 Å². The Morgan fingerprint density at radius 1 is 1.35 bits per heavy atom. The molecule has 2 unspecified atom stereocenters. The number of rotatable bonds is 3. The van der Waals surface area contributed by atoms with Crippen molar-refractivity contribution in [3.8, 4) is 0 Å². The highest BCUT2D eigenvalue weighted by atomic mass is 35.5. The van der Waals surface area contributed by atoms with Gasteiger partial charge in [-0.3, -0.25) is 4.79 Å². The van der Waals surface area contributed by atoms with Crippen LogP contribution in [0.4, 0.5) is 23.2 Å². The summed E-state index contributed by atoms with van der Waals surface area (Å²) in [5, 5.41) is 7.12. The summed E-state index contributed by atoms with van der Waals surface area (Å²) in [5.41, 5.74) is 0.159. The highest BCUT2D eigenvalue weighted by Gasteiger charge is 2.38. The zero-order valence-electron chi connectivity index (χ0n) is 14.1. The maximum atomic E-state index is 13.0. The summed E-state index contributed by atoms with van der Waals surface area (Å²) < 4.78 is 44.7. The van der Waals surface area contributed by atoms with Gasteiger partial charge in [-0.15, -0.1) is 0 Å². The monoisotopic (exact) mass is 398 g/mol. The molecule has 0 radical (unpaired) electrons. The number of nitrogens with zero attached hydrogens (tertiary/aromatic N) is 2. The van der Waals surface area contributed by atoms with E-state index < -0.39 is 23.7 Å². The molecule has 146 valence electrons. The lowest BCUT2D eigenvalue weighted by Crippen LogP contribution is -2.34. The van der Waals surface area contributed by atoms with Crippen LogP contribution in [-0.4, -0.2) is 54.3 Å². The van der Waals surface area contributed by atoms with Crippen LogP contribution >= 0.6 is 11.6 Å². The Bertz CT molecular complexity index is 638. The van der Waals surface area contributed by atoms with Crippen molar-refractivity contribution in [2.24, 2.45) is 0 Å². The third-order valence-corrected chi connectivity index (χ3v) is 3.92. The number of carbonyl (C=O) groups is 2. The van der Waals surface area contributed by atoms with E-state index in [0.29, 0.717) is 6.54 Å². The van der Waals surface area contributed by atoms with E-state index >= 15 is 0 Å².